The summed E-state index contributed by atoms with van der Waals surface area (Å²) in [5, 5.41) is 0. The van der Waals surface area contributed by atoms with Gasteiger partial charge in [0.1, 0.15) is 0 Å². The van der Waals surface area contributed by atoms with E-state index in [9.17, 15) is 0 Å². The van der Waals surface area contributed by atoms with Crippen LogP contribution in [0, 0.1) is 47.9 Å². The topological polar surface area (TPSA) is 27.7 Å². The molecule has 0 N–H and O–H groups in total. The standard InChI is InChI=1S/C38H66O3/c1-11-35-27-36(39-24-21-32(8)18-12-15-29(2)3)38(41-26-23-34(10)20-14-17-31(6)7)37(28-35)40-25-22-33(9)19-13-16-30(4)5/h1,27-34H,12-26H2,2-10H3/t32-,33-,34-/m0/s1. The molecule has 0 aromatic heterocycles. The zero-order valence-corrected chi connectivity index (χ0v) is 28.5. The van der Waals surface area contributed by atoms with Gasteiger partial charge < -0.3 is 14.2 Å². The van der Waals surface area contributed by atoms with Crippen LogP contribution in [0.3, 0.4) is 0 Å². The van der Waals surface area contributed by atoms with E-state index in [0.29, 0.717) is 37.6 Å². The molecule has 0 aliphatic rings. The maximum Gasteiger partial charge on any atom is 0.203 e. The second kappa shape index (κ2) is 21.8. The fraction of sp³-hybridized carbons (Fsp3) is 0.789. The summed E-state index contributed by atoms with van der Waals surface area (Å²) in [7, 11) is 0. The van der Waals surface area contributed by atoms with Gasteiger partial charge in [0, 0.05) is 5.56 Å². The predicted molar refractivity (Wildman–Crippen MR) is 178 cm³/mol. The quantitative estimate of drug-likeness (QED) is 0.116. The predicted octanol–water partition coefficient (Wildman–Crippen LogP) is 11.4. The van der Waals surface area contributed by atoms with Crippen molar-refractivity contribution in [1.82, 2.24) is 0 Å². The molecule has 0 saturated carbocycles. The molecular weight excluding hydrogens is 504 g/mol. The Hall–Kier alpha value is -1.82. The molecule has 0 bridgehead atoms. The van der Waals surface area contributed by atoms with Crippen LogP contribution in [0.4, 0.5) is 0 Å². The summed E-state index contributed by atoms with van der Waals surface area (Å²) in [5.74, 6) is 9.17. The summed E-state index contributed by atoms with van der Waals surface area (Å²) < 4.78 is 19.2. The molecule has 0 spiro atoms. The normalized spacial score (nSPS) is 13.8. The fourth-order valence-electron chi connectivity index (χ4n) is 5.18. The van der Waals surface area contributed by atoms with Crippen LogP contribution in [0.25, 0.3) is 0 Å². The fourth-order valence-corrected chi connectivity index (χ4v) is 5.18. The molecule has 0 unspecified atom stereocenters. The third-order valence-electron chi connectivity index (χ3n) is 8.22. The molecule has 0 fully saturated rings. The van der Waals surface area contributed by atoms with Crippen molar-refractivity contribution < 1.29 is 14.2 Å². The van der Waals surface area contributed by atoms with Crippen molar-refractivity contribution in [3.63, 3.8) is 0 Å². The number of hydrogen-bond acceptors (Lipinski definition) is 3. The van der Waals surface area contributed by atoms with Gasteiger partial charge in [-0.05, 0) is 66.9 Å². The Balaban J connectivity index is 2.88. The summed E-state index contributed by atoms with van der Waals surface area (Å²) in [4.78, 5) is 0. The second-order valence-electron chi connectivity index (χ2n) is 14.1. The smallest absolute Gasteiger partial charge is 0.203 e. The van der Waals surface area contributed by atoms with Crippen LogP contribution in [-0.4, -0.2) is 19.8 Å². The number of benzene rings is 1. The van der Waals surface area contributed by atoms with E-state index in [4.69, 9.17) is 20.6 Å². The zero-order valence-electron chi connectivity index (χ0n) is 28.5. The molecule has 3 atom stereocenters. The molecule has 1 rings (SSSR count). The number of hydrogen-bond donors (Lipinski definition) is 0. The monoisotopic (exact) mass is 571 g/mol. The minimum Gasteiger partial charge on any atom is -0.489 e. The Bertz CT molecular complexity index is 787. The summed E-state index contributed by atoms with van der Waals surface area (Å²) >= 11 is 0. The van der Waals surface area contributed by atoms with E-state index in [-0.39, 0.29) is 0 Å². The van der Waals surface area contributed by atoms with Crippen molar-refractivity contribution in [3.05, 3.63) is 17.7 Å². The van der Waals surface area contributed by atoms with Crippen LogP contribution >= 0.6 is 0 Å². The van der Waals surface area contributed by atoms with Crippen LogP contribution in [0.15, 0.2) is 12.1 Å². The lowest BCUT2D eigenvalue weighted by Gasteiger charge is -2.20. The Morgan fingerprint density at radius 1 is 0.512 bits per heavy atom. The minimum atomic E-state index is 0.630. The first kappa shape index (κ1) is 37.2. The highest BCUT2D eigenvalue weighted by atomic mass is 16.5. The lowest BCUT2D eigenvalue weighted by molar-refractivity contribution is 0.216. The van der Waals surface area contributed by atoms with Gasteiger partial charge in [-0.1, -0.05) is 126 Å². The highest BCUT2D eigenvalue weighted by molar-refractivity contribution is 5.57. The molecule has 3 heteroatoms. The van der Waals surface area contributed by atoms with E-state index in [1.165, 1.54) is 57.8 Å². The third-order valence-corrected chi connectivity index (χ3v) is 8.22. The Labute approximate surface area is 255 Å². The minimum absolute atomic E-state index is 0.630. The maximum absolute atomic E-state index is 6.44. The first-order chi connectivity index (χ1) is 19.5. The van der Waals surface area contributed by atoms with Crippen molar-refractivity contribution in [3.8, 4) is 29.6 Å². The average Bonchev–Trinajstić information content (AvgIpc) is 2.89. The lowest BCUT2D eigenvalue weighted by atomic mass is 9.97. The van der Waals surface area contributed by atoms with E-state index in [1.807, 2.05) is 12.1 Å². The van der Waals surface area contributed by atoms with Gasteiger partial charge in [-0.3, -0.25) is 0 Å². The van der Waals surface area contributed by atoms with Gasteiger partial charge in [0.25, 0.3) is 0 Å². The summed E-state index contributed by atoms with van der Waals surface area (Å²) in [6.07, 6.45) is 20.4. The number of ether oxygens (including phenoxy) is 3. The average molecular weight is 571 g/mol. The van der Waals surface area contributed by atoms with Crippen molar-refractivity contribution in [2.24, 2.45) is 35.5 Å². The first-order valence-corrected chi connectivity index (χ1v) is 17.0. The lowest BCUT2D eigenvalue weighted by Crippen LogP contribution is -2.11. The Kier molecular flexibility index (Phi) is 19.8. The van der Waals surface area contributed by atoms with Crippen molar-refractivity contribution in [2.75, 3.05) is 19.8 Å². The highest BCUT2D eigenvalue weighted by Gasteiger charge is 2.17. The van der Waals surface area contributed by atoms with E-state index >= 15 is 0 Å². The van der Waals surface area contributed by atoms with E-state index in [0.717, 1.165) is 59.8 Å². The van der Waals surface area contributed by atoms with Crippen LogP contribution < -0.4 is 14.2 Å². The Morgan fingerprint density at radius 2 is 0.854 bits per heavy atom. The van der Waals surface area contributed by atoms with Gasteiger partial charge in [0.05, 0.1) is 19.8 Å². The van der Waals surface area contributed by atoms with E-state index < -0.39 is 0 Å². The summed E-state index contributed by atoms with van der Waals surface area (Å²) in [6.45, 7) is 22.8. The molecule has 1 aromatic rings. The van der Waals surface area contributed by atoms with E-state index in [1.54, 1.807) is 0 Å². The molecule has 236 valence electrons. The maximum atomic E-state index is 6.44. The molecule has 1 aromatic carbocycles. The molecule has 0 amide bonds. The van der Waals surface area contributed by atoms with Gasteiger partial charge in [0.2, 0.25) is 5.75 Å². The molecule has 0 aliphatic carbocycles. The van der Waals surface area contributed by atoms with Gasteiger partial charge >= 0.3 is 0 Å². The molecular formula is C38H66O3. The molecule has 0 heterocycles. The molecule has 41 heavy (non-hydrogen) atoms. The third kappa shape index (κ3) is 18.4. The van der Waals surface area contributed by atoms with Gasteiger partial charge in [-0.15, -0.1) is 6.42 Å². The van der Waals surface area contributed by atoms with Gasteiger partial charge in [0.15, 0.2) is 11.5 Å². The van der Waals surface area contributed by atoms with Crippen LogP contribution in [0.5, 0.6) is 17.2 Å². The molecule has 3 nitrogen and oxygen atoms in total. The first-order valence-electron chi connectivity index (χ1n) is 17.0. The second-order valence-corrected chi connectivity index (χ2v) is 14.1. The number of terminal acetylenes is 1. The van der Waals surface area contributed by atoms with Crippen LogP contribution in [0.1, 0.15) is 145 Å². The molecule has 0 saturated heterocycles. The van der Waals surface area contributed by atoms with Gasteiger partial charge in [-0.25, -0.2) is 0 Å². The largest absolute Gasteiger partial charge is 0.489 e. The summed E-state index contributed by atoms with van der Waals surface area (Å²) in [6, 6.07) is 3.90. The Morgan fingerprint density at radius 3 is 1.17 bits per heavy atom. The van der Waals surface area contributed by atoms with Crippen molar-refractivity contribution >= 4 is 0 Å². The highest BCUT2D eigenvalue weighted by Crippen LogP contribution is 2.40. The van der Waals surface area contributed by atoms with Crippen LogP contribution in [-0.2, 0) is 0 Å². The number of rotatable bonds is 24. The van der Waals surface area contributed by atoms with Crippen molar-refractivity contribution in [1.29, 1.82) is 0 Å². The zero-order chi connectivity index (χ0) is 30.6. The SMILES string of the molecule is C#Cc1cc(OCC[C@@H](C)CCCC(C)C)c(OCC[C@@H](C)CCCC(C)C)c(OCC[C@@H](C)CCCC(C)C)c1. The summed E-state index contributed by atoms with van der Waals surface area (Å²) in [5.41, 5.74) is 0.777. The van der Waals surface area contributed by atoms with Crippen LogP contribution in [0.2, 0.25) is 0 Å². The van der Waals surface area contributed by atoms with E-state index in [2.05, 4.69) is 68.2 Å². The van der Waals surface area contributed by atoms with Gasteiger partial charge in [-0.2, -0.15) is 0 Å². The van der Waals surface area contributed by atoms with Crippen molar-refractivity contribution in [2.45, 2.75) is 139 Å². The molecule has 0 aliphatic heterocycles. The molecule has 0 radical (unpaired) electrons.